The second kappa shape index (κ2) is 9.49. The van der Waals surface area contributed by atoms with Crippen molar-refractivity contribution in [1.29, 1.82) is 0 Å². The summed E-state index contributed by atoms with van der Waals surface area (Å²) in [5.41, 5.74) is -0.0206. The zero-order valence-electron chi connectivity index (χ0n) is 15.9. The molecule has 1 N–H and O–H groups in total. The normalized spacial score (nSPS) is 12.4. The molecule has 154 valence electrons. The highest BCUT2D eigenvalue weighted by Gasteiger charge is 2.24. The molecule has 0 radical (unpaired) electrons. The van der Waals surface area contributed by atoms with Crippen molar-refractivity contribution in [3.63, 3.8) is 0 Å². The van der Waals surface area contributed by atoms with Gasteiger partial charge in [-0.3, -0.25) is 14.9 Å². The minimum Gasteiger partial charge on any atom is -0.494 e. The number of non-ortho nitro benzene ring substituents is 1. The molecule has 0 unspecified atom stereocenters. The number of nitro groups is 1. The van der Waals surface area contributed by atoms with Gasteiger partial charge in [0.1, 0.15) is 17.3 Å². The molecule has 9 nitrogen and oxygen atoms in total. The molecular formula is C19H19FN2O7. The van der Waals surface area contributed by atoms with Crippen LogP contribution in [0.5, 0.6) is 11.5 Å². The third kappa shape index (κ3) is 5.89. The fourth-order valence-corrected chi connectivity index (χ4v) is 2.22. The predicted octanol–water partition coefficient (Wildman–Crippen LogP) is 3.08. The minimum absolute atomic E-state index is 0.0825. The van der Waals surface area contributed by atoms with Gasteiger partial charge in [0.25, 0.3) is 11.6 Å². The van der Waals surface area contributed by atoms with Gasteiger partial charge < -0.3 is 19.5 Å². The average molecular weight is 406 g/mol. The predicted molar refractivity (Wildman–Crippen MR) is 100 cm³/mol. The Balaban J connectivity index is 1.96. The molecule has 2 aromatic carbocycles. The molecule has 0 heterocycles. The SMILES string of the molecule is COc1cc([N+](=O)[O-])ccc1NC(=O)[C@H](C)OC(=O)[C@@H](C)Oc1ccc(F)cc1. The fourth-order valence-electron chi connectivity index (χ4n) is 2.22. The molecule has 0 spiro atoms. The Hall–Kier alpha value is -3.69. The van der Waals surface area contributed by atoms with Gasteiger partial charge in [0, 0.05) is 6.07 Å². The van der Waals surface area contributed by atoms with Crippen molar-refractivity contribution >= 4 is 23.3 Å². The number of amides is 1. The van der Waals surface area contributed by atoms with E-state index in [1.165, 1.54) is 57.4 Å². The van der Waals surface area contributed by atoms with E-state index in [-0.39, 0.29) is 22.9 Å². The fraction of sp³-hybridized carbons (Fsp3) is 0.263. The lowest BCUT2D eigenvalue weighted by molar-refractivity contribution is -0.384. The van der Waals surface area contributed by atoms with Crippen molar-refractivity contribution in [1.82, 2.24) is 0 Å². The van der Waals surface area contributed by atoms with Crippen LogP contribution in [-0.2, 0) is 14.3 Å². The van der Waals surface area contributed by atoms with Gasteiger partial charge in [0.2, 0.25) is 0 Å². The van der Waals surface area contributed by atoms with Crippen LogP contribution < -0.4 is 14.8 Å². The van der Waals surface area contributed by atoms with Crippen LogP contribution in [0, 0.1) is 15.9 Å². The van der Waals surface area contributed by atoms with Crippen LogP contribution >= 0.6 is 0 Å². The second-order valence-electron chi connectivity index (χ2n) is 5.92. The quantitative estimate of drug-likeness (QED) is 0.407. The van der Waals surface area contributed by atoms with Crippen LogP contribution in [0.25, 0.3) is 0 Å². The molecular weight excluding hydrogens is 387 g/mol. The Bertz CT molecular complexity index is 902. The number of carbonyl (C=O) groups excluding carboxylic acids is 2. The molecule has 0 aliphatic carbocycles. The van der Waals surface area contributed by atoms with Gasteiger partial charge >= 0.3 is 5.97 Å². The van der Waals surface area contributed by atoms with Crippen LogP contribution in [0.15, 0.2) is 42.5 Å². The van der Waals surface area contributed by atoms with Crippen molar-refractivity contribution in [2.75, 3.05) is 12.4 Å². The summed E-state index contributed by atoms with van der Waals surface area (Å²) in [6, 6.07) is 8.75. The van der Waals surface area contributed by atoms with Crippen molar-refractivity contribution in [3.8, 4) is 11.5 Å². The van der Waals surface area contributed by atoms with E-state index in [0.29, 0.717) is 0 Å². The van der Waals surface area contributed by atoms with E-state index in [4.69, 9.17) is 14.2 Å². The van der Waals surface area contributed by atoms with Gasteiger partial charge in [-0.15, -0.1) is 0 Å². The van der Waals surface area contributed by atoms with E-state index in [0.717, 1.165) is 6.07 Å². The number of esters is 1. The van der Waals surface area contributed by atoms with Crippen LogP contribution in [0.3, 0.4) is 0 Å². The summed E-state index contributed by atoms with van der Waals surface area (Å²) in [4.78, 5) is 34.6. The first kappa shape index (κ1) is 21.6. The number of hydrogen-bond donors (Lipinski definition) is 1. The van der Waals surface area contributed by atoms with Gasteiger partial charge in [-0.2, -0.15) is 0 Å². The molecule has 0 aliphatic rings. The number of halogens is 1. The molecule has 0 saturated heterocycles. The summed E-state index contributed by atoms with van der Waals surface area (Å²) in [6.07, 6.45) is -2.22. The minimum atomic E-state index is -1.18. The summed E-state index contributed by atoms with van der Waals surface area (Å²) in [6.45, 7) is 2.78. The average Bonchev–Trinajstić information content (AvgIpc) is 2.69. The molecule has 0 aliphatic heterocycles. The molecule has 2 aromatic rings. The van der Waals surface area contributed by atoms with E-state index in [1.807, 2.05) is 0 Å². The zero-order valence-corrected chi connectivity index (χ0v) is 15.9. The third-order valence-electron chi connectivity index (χ3n) is 3.77. The summed E-state index contributed by atoms with van der Waals surface area (Å²) < 4.78 is 28.4. The van der Waals surface area contributed by atoms with Crippen LogP contribution in [0.4, 0.5) is 15.8 Å². The van der Waals surface area contributed by atoms with Gasteiger partial charge in [-0.1, -0.05) is 0 Å². The first-order valence-corrected chi connectivity index (χ1v) is 8.47. The van der Waals surface area contributed by atoms with Gasteiger partial charge in [0.15, 0.2) is 12.2 Å². The highest BCUT2D eigenvalue weighted by atomic mass is 19.1. The van der Waals surface area contributed by atoms with E-state index in [1.54, 1.807) is 0 Å². The summed E-state index contributed by atoms with van der Waals surface area (Å²) in [5, 5.41) is 13.3. The van der Waals surface area contributed by atoms with Gasteiger partial charge in [0.05, 0.1) is 23.8 Å². The maximum atomic E-state index is 12.9. The number of ether oxygens (including phenoxy) is 3. The van der Waals surface area contributed by atoms with Crippen molar-refractivity contribution < 1.29 is 33.1 Å². The monoisotopic (exact) mass is 406 g/mol. The molecule has 29 heavy (non-hydrogen) atoms. The number of anilines is 1. The lowest BCUT2D eigenvalue weighted by Gasteiger charge is -2.18. The number of nitro benzene ring substituents is 1. The maximum Gasteiger partial charge on any atom is 0.347 e. The topological polar surface area (TPSA) is 117 Å². The summed E-state index contributed by atoms with van der Waals surface area (Å²) >= 11 is 0. The highest BCUT2D eigenvalue weighted by Crippen LogP contribution is 2.29. The molecule has 2 rings (SSSR count). The van der Waals surface area contributed by atoms with E-state index in [2.05, 4.69) is 5.32 Å². The second-order valence-corrected chi connectivity index (χ2v) is 5.92. The molecule has 0 fully saturated rings. The van der Waals surface area contributed by atoms with Crippen LogP contribution in [0.2, 0.25) is 0 Å². The molecule has 1 amide bonds. The van der Waals surface area contributed by atoms with Gasteiger partial charge in [-0.05, 0) is 44.2 Å². The number of nitrogens with one attached hydrogen (secondary N) is 1. The molecule has 0 bridgehead atoms. The van der Waals surface area contributed by atoms with Crippen LogP contribution in [0.1, 0.15) is 13.8 Å². The lowest BCUT2D eigenvalue weighted by atomic mass is 10.2. The summed E-state index contributed by atoms with van der Waals surface area (Å²) in [5.74, 6) is -1.56. The lowest BCUT2D eigenvalue weighted by Crippen LogP contribution is -2.35. The van der Waals surface area contributed by atoms with Crippen molar-refractivity contribution in [2.45, 2.75) is 26.1 Å². The first-order valence-electron chi connectivity index (χ1n) is 8.47. The molecule has 0 aromatic heterocycles. The Morgan fingerprint density at radius 3 is 2.34 bits per heavy atom. The van der Waals surface area contributed by atoms with Crippen LogP contribution in [-0.4, -0.2) is 36.1 Å². The Labute approximate surface area is 165 Å². The first-order chi connectivity index (χ1) is 13.7. The maximum absolute atomic E-state index is 12.9. The van der Waals surface area contributed by atoms with E-state index in [9.17, 15) is 24.1 Å². The van der Waals surface area contributed by atoms with E-state index >= 15 is 0 Å². The molecule has 2 atom stereocenters. The number of benzene rings is 2. The zero-order chi connectivity index (χ0) is 21.6. The number of nitrogens with zero attached hydrogens (tertiary/aromatic N) is 1. The standard InChI is InChI=1S/C19H19FN2O7/c1-11(29-19(24)12(2)28-15-7-4-13(20)5-8-15)18(23)21-16-9-6-14(22(25)26)10-17(16)27-3/h4-12H,1-3H3,(H,21,23)/t11-,12+/m0/s1. The van der Waals surface area contributed by atoms with E-state index < -0.39 is 34.8 Å². The number of carbonyl (C=O) groups is 2. The Morgan fingerprint density at radius 1 is 1.10 bits per heavy atom. The number of hydrogen-bond acceptors (Lipinski definition) is 7. The molecule has 10 heteroatoms. The number of methoxy groups -OCH3 is 1. The highest BCUT2D eigenvalue weighted by molar-refractivity contribution is 5.96. The largest absolute Gasteiger partial charge is 0.494 e. The number of rotatable bonds is 8. The Kier molecular flexibility index (Phi) is 7.07. The van der Waals surface area contributed by atoms with Gasteiger partial charge in [-0.25, -0.2) is 9.18 Å². The third-order valence-corrected chi connectivity index (χ3v) is 3.77. The Morgan fingerprint density at radius 2 is 1.76 bits per heavy atom. The smallest absolute Gasteiger partial charge is 0.347 e. The molecule has 0 saturated carbocycles. The summed E-state index contributed by atoms with van der Waals surface area (Å²) in [7, 11) is 1.30. The van der Waals surface area contributed by atoms with Crippen molar-refractivity contribution in [3.05, 3.63) is 58.4 Å². The van der Waals surface area contributed by atoms with Crippen molar-refractivity contribution in [2.24, 2.45) is 0 Å².